The van der Waals surface area contributed by atoms with Crippen LogP contribution in [-0.4, -0.2) is 9.78 Å². The third-order valence-corrected chi connectivity index (χ3v) is 3.41. The summed E-state index contributed by atoms with van der Waals surface area (Å²) in [6.07, 6.45) is 0. The van der Waals surface area contributed by atoms with Gasteiger partial charge in [0, 0.05) is 4.47 Å². The molecule has 0 amide bonds. The molecule has 2 rings (SSSR count). The Hall–Kier alpha value is -1.49. The number of ether oxygens (including phenoxy) is 1. The molecule has 2 aromatic rings. The topological polar surface area (TPSA) is 53.1 Å². The lowest BCUT2D eigenvalue weighted by atomic mass is 10.2. The number of rotatable bonds is 3. The van der Waals surface area contributed by atoms with Gasteiger partial charge < -0.3 is 10.5 Å². The molecule has 5 heteroatoms. The van der Waals surface area contributed by atoms with Crippen molar-refractivity contribution in [1.82, 2.24) is 9.78 Å². The first-order valence-corrected chi connectivity index (χ1v) is 6.98. The highest BCUT2D eigenvalue weighted by Gasteiger charge is 2.17. The lowest BCUT2D eigenvalue weighted by Gasteiger charge is -2.13. The molecular weight excluding hydrogens is 306 g/mol. The van der Waals surface area contributed by atoms with Crippen LogP contribution in [0.5, 0.6) is 11.6 Å². The summed E-state index contributed by atoms with van der Waals surface area (Å²) in [5, 5.41) is 4.41. The van der Waals surface area contributed by atoms with Gasteiger partial charge in [-0.25, -0.2) is 4.68 Å². The van der Waals surface area contributed by atoms with E-state index in [1.807, 2.05) is 50.6 Å². The van der Waals surface area contributed by atoms with Gasteiger partial charge in [0.2, 0.25) is 5.88 Å². The minimum absolute atomic E-state index is 0.196. The third kappa shape index (κ3) is 2.76. The minimum Gasteiger partial charge on any atom is -0.437 e. The van der Waals surface area contributed by atoms with Crippen molar-refractivity contribution in [3.8, 4) is 11.6 Å². The molecule has 1 aromatic carbocycles. The molecule has 0 unspecified atom stereocenters. The zero-order valence-corrected chi connectivity index (χ0v) is 13.2. The standard InChI is InChI=1S/C14H18BrN3O/c1-8(2)18-14(13(16)10(4)17-18)19-12-6-5-11(15)7-9(12)3/h5-8H,16H2,1-4H3. The lowest BCUT2D eigenvalue weighted by molar-refractivity contribution is 0.388. The Bertz CT molecular complexity index is 605. The van der Waals surface area contributed by atoms with E-state index in [4.69, 9.17) is 10.5 Å². The maximum atomic E-state index is 6.05. The van der Waals surface area contributed by atoms with E-state index in [1.165, 1.54) is 0 Å². The maximum absolute atomic E-state index is 6.05. The molecule has 2 N–H and O–H groups in total. The molecule has 0 bridgehead atoms. The van der Waals surface area contributed by atoms with Crippen LogP contribution in [0, 0.1) is 13.8 Å². The van der Waals surface area contributed by atoms with Crippen LogP contribution in [0.15, 0.2) is 22.7 Å². The Balaban J connectivity index is 2.43. The van der Waals surface area contributed by atoms with Crippen molar-refractivity contribution >= 4 is 21.6 Å². The predicted octanol–water partition coefficient (Wildman–Crippen LogP) is 4.22. The van der Waals surface area contributed by atoms with Gasteiger partial charge in [0.15, 0.2) is 0 Å². The number of nitrogens with two attached hydrogens (primary N) is 1. The molecule has 0 aliphatic rings. The van der Waals surface area contributed by atoms with E-state index in [2.05, 4.69) is 21.0 Å². The molecule has 0 fully saturated rings. The lowest BCUT2D eigenvalue weighted by Crippen LogP contribution is -2.06. The number of nitrogens with zero attached hydrogens (tertiary/aromatic N) is 2. The van der Waals surface area contributed by atoms with Crippen LogP contribution in [0.2, 0.25) is 0 Å². The molecule has 1 heterocycles. The van der Waals surface area contributed by atoms with Crippen LogP contribution < -0.4 is 10.5 Å². The van der Waals surface area contributed by atoms with Gasteiger partial charge in [-0.15, -0.1) is 0 Å². The van der Waals surface area contributed by atoms with Crippen molar-refractivity contribution in [2.45, 2.75) is 33.7 Å². The SMILES string of the molecule is Cc1cc(Br)ccc1Oc1c(N)c(C)nn1C(C)C. The second-order valence-electron chi connectivity index (χ2n) is 4.85. The van der Waals surface area contributed by atoms with Gasteiger partial charge in [-0.05, 0) is 51.5 Å². The molecule has 0 aliphatic heterocycles. The van der Waals surface area contributed by atoms with E-state index in [9.17, 15) is 0 Å². The summed E-state index contributed by atoms with van der Waals surface area (Å²) in [7, 11) is 0. The zero-order chi connectivity index (χ0) is 14.2. The first-order chi connectivity index (χ1) is 8.90. The van der Waals surface area contributed by atoms with E-state index in [0.29, 0.717) is 11.6 Å². The van der Waals surface area contributed by atoms with Crippen LogP contribution in [0.1, 0.15) is 31.1 Å². The van der Waals surface area contributed by atoms with Crippen molar-refractivity contribution in [2.75, 3.05) is 5.73 Å². The van der Waals surface area contributed by atoms with E-state index in [0.717, 1.165) is 21.5 Å². The maximum Gasteiger partial charge on any atom is 0.241 e. The molecule has 0 radical (unpaired) electrons. The summed E-state index contributed by atoms with van der Waals surface area (Å²) in [5.74, 6) is 1.40. The van der Waals surface area contributed by atoms with Crippen molar-refractivity contribution in [1.29, 1.82) is 0 Å². The highest BCUT2D eigenvalue weighted by Crippen LogP contribution is 2.34. The summed E-state index contributed by atoms with van der Waals surface area (Å²) in [4.78, 5) is 0. The monoisotopic (exact) mass is 323 g/mol. The molecule has 4 nitrogen and oxygen atoms in total. The number of anilines is 1. The molecule has 0 saturated carbocycles. The summed E-state index contributed by atoms with van der Waals surface area (Å²) in [6, 6.07) is 6.07. The third-order valence-electron chi connectivity index (χ3n) is 2.92. The number of hydrogen-bond acceptors (Lipinski definition) is 3. The molecule has 0 saturated heterocycles. The van der Waals surface area contributed by atoms with Gasteiger partial charge in [-0.2, -0.15) is 5.10 Å². The average Bonchev–Trinajstić information content (AvgIpc) is 2.61. The second-order valence-corrected chi connectivity index (χ2v) is 5.77. The number of nitrogen functional groups attached to an aromatic ring is 1. The average molecular weight is 324 g/mol. The summed E-state index contributed by atoms with van der Waals surface area (Å²) in [6.45, 7) is 7.98. The fraction of sp³-hybridized carbons (Fsp3) is 0.357. The normalized spacial score (nSPS) is 11.1. The van der Waals surface area contributed by atoms with E-state index < -0.39 is 0 Å². The van der Waals surface area contributed by atoms with E-state index in [1.54, 1.807) is 0 Å². The van der Waals surface area contributed by atoms with Gasteiger partial charge in [0.25, 0.3) is 0 Å². The Kier molecular flexibility index (Phi) is 3.85. The van der Waals surface area contributed by atoms with Crippen molar-refractivity contribution < 1.29 is 4.74 Å². The molecule has 1 aromatic heterocycles. The number of benzene rings is 1. The minimum atomic E-state index is 0.196. The van der Waals surface area contributed by atoms with Gasteiger partial charge in [0.1, 0.15) is 11.4 Å². The number of halogens is 1. The van der Waals surface area contributed by atoms with Crippen LogP contribution in [0.4, 0.5) is 5.69 Å². The molecule has 0 atom stereocenters. The van der Waals surface area contributed by atoms with Crippen LogP contribution in [0.25, 0.3) is 0 Å². The van der Waals surface area contributed by atoms with Crippen molar-refractivity contribution in [3.05, 3.63) is 33.9 Å². The quantitative estimate of drug-likeness (QED) is 0.920. The molecule has 0 aliphatic carbocycles. The number of aryl methyl sites for hydroxylation is 2. The highest BCUT2D eigenvalue weighted by molar-refractivity contribution is 9.10. The van der Waals surface area contributed by atoms with Crippen molar-refractivity contribution in [2.24, 2.45) is 0 Å². The fourth-order valence-electron chi connectivity index (χ4n) is 1.82. The van der Waals surface area contributed by atoms with Gasteiger partial charge in [0.05, 0.1) is 11.7 Å². The second kappa shape index (κ2) is 5.25. The molecule has 102 valence electrons. The molecular formula is C14H18BrN3O. The molecule has 0 spiro atoms. The largest absolute Gasteiger partial charge is 0.437 e. The van der Waals surface area contributed by atoms with E-state index >= 15 is 0 Å². The van der Waals surface area contributed by atoms with Gasteiger partial charge in [-0.1, -0.05) is 15.9 Å². The molecule has 19 heavy (non-hydrogen) atoms. The number of hydrogen-bond donors (Lipinski definition) is 1. The van der Waals surface area contributed by atoms with Gasteiger partial charge in [-0.3, -0.25) is 0 Å². The van der Waals surface area contributed by atoms with E-state index in [-0.39, 0.29) is 6.04 Å². The summed E-state index contributed by atoms with van der Waals surface area (Å²) >= 11 is 3.44. The summed E-state index contributed by atoms with van der Waals surface area (Å²) in [5.41, 5.74) is 8.48. The fourth-order valence-corrected chi connectivity index (χ4v) is 2.30. The highest BCUT2D eigenvalue weighted by atomic mass is 79.9. The van der Waals surface area contributed by atoms with Crippen LogP contribution in [0.3, 0.4) is 0 Å². The Morgan fingerprint density at radius 2 is 2.00 bits per heavy atom. The van der Waals surface area contributed by atoms with Crippen LogP contribution >= 0.6 is 15.9 Å². The Morgan fingerprint density at radius 1 is 1.32 bits per heavy atom. The predicted molar refractivity (Wildman–Crippen MR) is 80.7 cm³/mol. The van der Waals surface area contributed by atoms with Crippen LogP contribution in [-0.2, 0) is 0 Å². The first kappa shape index (κ1) is 13.9. The summed E-state index contributed by atoms with van der Waals surface area (Å²) < 4.78 is 8.80. The Morgan fingerprint density at radius 3 is 2.58 bits per heavy atom. The van der Waals surface area contributed by atoms with Gasteiger partial charge >= 0.3 is 0 Å². The Labute approximate surface area is 121 Å². The smallest absolute Gasteiger partial charge is 0.241 e. The van der Waals surface area contributed by atoms with Crippen molar-refractivity contribution in [3.63, 3.8) is 0 Å². The first-order valence-electron chi connectivity index (χ1n) is 6.18. The zero-order valence-electron chi connectivity index (χ0n) is 11.6. The number of aromatic nitrogens is 2.